The van der Waals surface area contributed by atoms with E-state index in [0.29, 0.717) is 18.1 Å². The van der Waals surface area contributed by atoms with Crippen molar-refractivity contribution in [1.82, 2.24) is 10.6 Å². The SMILES string of the molecule is CCCCOC1CC(NC(=NC)NCCCOCC2CCOCC2)C1(C)C. The molecule has 1 saturated carbocycles. The van der Waals surface area contributed by atoms with E-state index < -0.39 is 0 Å². The van der Waals surface area contributed by atoms with Gasteiger partial charge in [0.1, 0.15) is 0 Å². The van der Waals surface area contributed by atoms with Crippen molar-refractivity contribution < 1.29 is 14.2 Å². The van der Waals surface area contributed by atoms with Crippen molar-refractivity contribution in [2.75, 3.05) is 46.6 Å². The third-order valence-corrected chi connectivity index (χ3v) is 5.98. The zero-order valence-electron chi connectivity index (χ0n) is 17.9. The Morgan fingerprint density at radius 3 is 2.63 bits per heavy atom. The van der Waals surface area contributed by atoms with Crippen molar-refractivity contribution >= 4 is 5.96 Å². The predicted molar refractivity (Wildman–Crippen MR) is 110 cm³/mol. The van der Waals surface area contributed by atoms with Crippen LogP contribution < -0.4 is 10.6 Å². The highest BCUT2D eigenvalue weighted by molar-refractivity contribution is 5.80. The Bertz CT molecular complexity index is 436. The van der Waals surface area contributed by atoms with Crippen LogP contribution in [-0.2, 0) is 14.2 Å². The molecule has 0 bridgehead atoms. The molecule has 0 spiro atoms. The van der Waals surface area contributed by atoms with Gasteiger partial charge in [0, 0.05) is 58.1 Å². The second-order valence-electron chi connectivity index (χ2n) is 8.45. The molecule has 1 heterocycles. The molecule has 0 aromatic heterocycles. The van der Waals surface area contributed by atoms with Crippen LogP contribution in [0.1, 0.15) is 59.3 Å². The highest BCUT2D eigenvalue weighted by Crippen LogP contribution is 2.42. The van der Waals surface area contributed by atoms with Crippen molar-refractivity contribution in [3.05, 3.63) is 0 Å². The minimum atomic E-state index is 0.137. The molecule has 0 aromatic carbocycles. The van der Waals surface area contributed by atoms with Crippen LogP contribution in [-0.4, -0.2) is 64.7 Å². The molecule has 158 valence electrons. The molecule has 0 radical (unpaired) electrons. The molecule has 2 aliphatic rings. The predicted octanol–water partition coefficient (Wildman–Crippen LogP) is 2.97. The topological polar surface area (TPSA) is 64.1 Å². The molecule has 6 nitrogen and oxygen atoms in total. The number of nitrogens with one attached hydrogen (secondary N) is 2. The Balaban J connectivity index is 1.55. The van der Waals surface area contributed by atoms with E-state index in [2.05, 4.69) is 36.4 Å². The lowest BCUT2D eigenvalue weighted by molar-refractivity contribution is -0.113. The Morgan fingerprint density at radius 2 is 1.96 bits per heavy atom. The standard InChI is InChI=1S/C21H41N3O3/c1-5-6-12-27-19-15-18(21(19,2)3)24-20(22-4)23-10-7-11-26-16-17-8-13-25-14-9-17/h17-19H,5-16H2,1-4H3,(H2,22,23,24). The first-order chi connectivity index (χ1) is 13.1. The molecule has 2 N–H and O–H groups in total. The van der Waals surface area contributed by atoms with Gasteiger partial charge in [-0.2, -0.15) is 0 Å². The lowest BCUT2D eigenvalue weighted by Crippen LogP contribution is -2.63. The number of nitrogens with zero attached hydrogens (tertiary/aromatic N) is 1. The number of guanidine groups is 1. The molecule has 2 rings (SSSR count). The maximum Gasteiger partial charge on any atom is 0.191 e. The largest absolute Gasteiger partial charge is 0.381 e. The summed E-state index contributed by atoms with van der Waals surface area (Å²) in [5.41, 5.74) is 0.137. The maximum absolute atomic E-state index is 6.03. The Kier molecular flexibility index (Phi) is 9.87. The fourth-order valence-corrected chi connectivity index (χ4v) is 3.69. The molecule has 0 aromatic rings. The summed E-state index contributed by atoms with van der Waals surface area (Å²) in [4.78, 5) is 4.37. The summed E-state index contributed by atoms with van der Waals surface area (Å²) >= 11 is 0. The van der Waals surface area contributed by atoms with Crippen LogP contribution in [0.15, 0.2) is 4.99 Å². The summed E-state index contributed by atoms with van der Waals surface area (Å²) in [7, 11) is 1.83. The number of aliphatic imine (C=N–C) groups is 1. The van der Waals surface area contributed by atoms with Gasteiger partial charge in [-0.25, -0.2) is 0 Å². The molecule has 1 aliphatic carbocycles. The van der Waals surface area contributed by atoms with E-state index in [-0.39, 0.29) is 5.41 Å². The van der Waals surface area contributed by atoms with E-state index in [1.54, 1.807) is 0 Å². The first-order valence-electron chi connectivity index (χ1n) is 10.8. The van der Waals surface area contributed by atoms with Gasteiger partial charge in [0.15, 0.2) is 5.96 Å². The summed E-state index contributed by atoms with van der Waals surface area (Å²) in [5.74, 6) is 1.55. The normalized spacial score (nSPS) is 25.9. The summed E-state index contributed by atoms with van der Waals surface area (Å²) in [6, 6.07) is 0.403. The third kappa shape index (κ3) is 7.24. The van der Waals surface area contributed by atoms with Crippen LogP contribution in [0.25, 0.3) is 0 Å². The van der Waals surface area contributed by atoms with Crippen LogP contribution in [0.2, 0.25) is 0 Å². The van der Waals surface area contributed by atoms with Gasteiger partial charge >= 0.3 is 0 Å². The van der Waals surface area contributed by atoms with Crippen molar-refractivity contribution in [1.29, 1.82) is 0 Å². The van der Waals surface area contributed by atoms with Gasteiger partial charge in [0.25, 0.3) is 0 Å². The van der Waals surface area contributed by atoms with Gasteiger partial charge in [-0.3, -0.25) is 4.99 Å². The Hall–Kier alpha value is -0.850. The fraction of sp³-hybridized carbons (Fsp3) is 0.952. The highest BCUT2D eigenvalue weighted by atomic mass is 16.5. The van der Waals surface area contributed by atoms with Crippen molar-refractivity contribution in [3.8, 4) is 0 Å². The molecule has 1 saturated heterocycles. The molecule has 27 heavy (non-hydrogen) atoms. The molecule has 2 fully saturated rings. The minimum absolute atomic E-state index is 0.137. The van der Waals surface area contributed by atoms with Crippen molar-refractivity contribution in [2.45, 2.75) is 71.4 Å². The molecular weight excluding hydrogens is 342 g/mol. The fourth-order valence-electron chi connectivity index (χ4n) is 3.69. The van der Waals surface area contributed by atoms with E-state index in [1.165, 1.54) is 6.42 Å². The first-order valence-corrected chi connectivity index (χ1v) is 10.8. The zero-order valence-corrected chi connectivity index (χ0v) is 17.9. The molecule has 6 heteroatoms. The Morgan fingerprint density at radius 1 is 1.19 bits per heavy atom. The minimum Gasteiger partial charge on any atom is -0.381 e. The molecule has 1 aliphatic heterocycles. The van der Waals surface area contributed by atoms with Gasteiger partial charge < -0.3 is 24.8 Å². The average Bonchev–Trinajstić information content (AvgIpc) is 2.68. The second kappa shape index (κ2) is 11.9. The molecular formula is C21H41N3O3. The Labute approximate surface area is 165 Å². The van der Waals surface area contributed by atoms with E-state index in [1.807, 2.05) is 7.05 Å². The monoisotopic (exact) mass is 383 g/mol. The summed E-state index contributed by atoms with van der Waals surface area (Å²) in [6.07, 6.45) is 6.98. The van der Waals surface area contributed by atoms with Crippen LogP contribution in [0, 0.1) is 11.3 Å². The van der Waals surface area contributed by atoms with Gasteiger partial charge in [0.2, 0.25) is 0 Å². The van der Waals surface area contributed by atoms with Gasteiger partial charge in [-0.15, -0.1) is 0 Å². The summed E-state index contributed by atoms with van der Waals surface area (Å²) in [6.45, 7) is 11.9. The number of rotatable bonds is 11. The average molecular weight is 384 g/mol. The van der Waals surface area contributed by atoms with Crippen molar-refractivity contribution in [2.24, 2.45) is 16.3 Å². The highest BCUT2D eigenvalue weighted by Gasteiger charge is 2.49. The van der Waals surface area contributed by atoms with Crippen LogP contribution >= 0.6 is 0 Å². The van der Waals surface area contributed by atoms with Crippen LogP contribution in [0.3, 0.4) is 0 Å². The van der Waals surface area contributed by atoms with Crippen molar-refractivity contribution in [3.63, 3.8) is 0 Å². The van der Waals surface area contributed by atoms with Gasteiger partial charge in [0.05, 0.1) is 6.10 Å². The van der Waals surface area contributed by atoms with Crippen LogP contribution in [0.4, 0.5) is 0 Å². The van der Waals surface area contributed by atoms with E-state index in [9.17, 15) is 0 Å². The summed E-state index contributed by atoms with van der Waals surface area (Å²) in [5, 5.41) is 6.97. The number of hydrogen-bond acceptors (Lipinski definition) is 4. The summed E-state index contributed by atoms with van der Waals surface area (Å²) < 4.78 is 17.2. The smallest absolute Gasteiger partial charge is 0.191 e. The second-order valence-corrected chi connectivity index (χ2v) is 8.45. The van der Waals surface area contributed by atoms with Gasteiger partial charge in [-0.1, -0.05) is 27.2 Å². The van der Waals surface area contributed by atoms with Gasteiger partial charge in [-0.05, 0) is 38.0 Å². The first kappa shape index (κ1) is 22.4. The lowest BCUT2D eigenvalue weighted by atomic mass is 9.64. The lowest BCUT2D eigenvalue weighted by Gasteiger charge is -2.52. The quantitative estimate of drug-likeness (QED) is 0.326. The maximum atomic E-state index is 6.03. The number of unbranched alkanes of at least 4 members (excludes halogenated alkanes) is 1. The third-order valence-electron chi connectivity index (χ3n) is 5.98. The number of hydrogen-bond donors (Lipinski definition) is 2. The zero-order chi connectivity index (χ0) is 19.5. The van der Waals surface area contributed by atoms with E-state index in [0.717, 1.165) is 77.6 Å². The number of ether oxygens (including phenoxy) is 3. The molecule has 0 amide bonds. The molecule has 2 atom stereocenters. The van der Waals surface area contributed by atoms with Crippen LogP contribution in [0.5, 0.6) is 0 Å². The van der Waals surface area contributed by atoms with E-state index in [4.69, 9.17) is 14.2 Å². The molecule has 2 unspecified atom stereocenters. The van der Waals surface area contributed by atoms with E-state index >= 15 is 0 Å².